The molecule has 16 heavy (non-hydrogen) atoms. The zero-order valence-electron chi connectivity index (χ0n) is 7.99. The molecular weight excluding hydrogens is 232 g/mol. The highest BCUT2D eigenvalue weighted by Gasteiger charge is 2.38. The van der Waals surface area contributed by atoms with Crippen molar-refractivity contribution in [3.05, 3.63) is 35.3 Å². The van der Waals surface area contributed by atoms with Crippen molar-refractivity contribution in [1.29, 1.82) is 0 Å². The maximum Gasteiger partial charge on any atom is 0.223 e. The third-order valence-corrected chi connectivity index (χ3v) is 3.54. The van der Waals surface area contributed by atoms with Crippen LogP contribution < -0.4 is 0 Å². The molecule has 84 valence electrons. The standard InChI is InChI=1S/C10H8O5S/c11-8-5-9(16(13,14)15)6-3-1-2-4-7(6)10(8)12/h1-7H,(H,13,14,15)/p-1/t6-,7+/m0/s1. The van der Waals surface area contributed by atoms with Gasteiger partial charge in [0.05, 0.1) is 5.92 Å². The van der Waals surface area contributed by atoms with Crippen molar-refractivity contribution in [3.8, 4) is 0 Å². The van der Waals surface area contributed by atoms with Gasteiger partial charge in [-0.05, 0) is 0 Å². The van der Waals surface area contributed by atoms with Crippen LogP contribution in [0, 0.1) is 11.8 Å². The van der Waals surface area contributed by atoms with E-state index in [2.05, 4.69) is 0 Å². The Labute approximate surface area is 91.9 Å². The zero-order chi connectivity index (χ0) is 11.9. The lowest BCUT2D eigenvalue weighted by molar-refractivity contribution is -0.136. The number of carbonyl (C=O) groups is 2. The van der Waals surface area contributed by atoms with Crippen molar-refractivity contribution < 1.29 is 22.6 Å². The first-order chi connectivity index (χ1) is 7.41. The lowest BCUT2D eigenvalue weighted by atomic mass is 9.80. The molecule has 0 heterocycles. The van der Waals surface area contributed by atoms with E-state index >= 15 is 0 Å². The number of allylic oxidation sites excluding steroid dienone is 6. The van der Waals surface area contributed by atoms with Gasteiger partial charge in [-0.2, -0.15) is 0 Å². The SMILES string of the molecule is O=C1C=C(S(=O)(=O)[O-])[C@H]2C=CC=C[C@H]2C1=O. The molecule has 2 aliphatic rings. The molecule has 0 unspecified atom stereocenters. The molecule has 0 aromatic carbocycles. The summed E-state index contributed by atoms with van der Waals surface area (Å²) in [6.45, 7) is 0. The van der Waals surface area contributed by atoms with Gasteiger partial charge in [0.1, 0.15) is 10.1 Å². The normalized spacial score (nSPS) is 28.9. The summed E-state index contributed by atoms with van der Waals surface area (Å²) in [6, 6.07) is 0. The highest BCUT2D eigenvalue weighted by molar-refractivity contribution is 7.89. The zero-order valence-corrected chi connectivity index (χ0v) is 8.81. The Balaban J connectivity index is 2.59. The molecule has 0 bridgehead atoms. The summed E-state index contributed by atoms with van der Waals surface area (Å²) in [5.41, 5.74) is 0. The number of rotatable bonds is 1. The average Bonchev–Trinajstić information content (AvgIpc) is 2.22. The van der Waals surface area contributed by atoms with Gasteiger partial charge in [-0.1, -0.05) is 24.3 Å². The van der Waals surface area contributed by atoms with Crippen molar-refractivity contribution in [3.63, 3.8) is 0 Å². The lowest BCUT2D eigenvalue weighted by Crippen LogP contribution is -2.35. The summed E-state index contributed by atoms with van der Waals surface area (Å²) in [5.74, 6) is -3.31. The molecule has 2 atom stereocenters. The summed E-state index contributed by atoms with van der Waals surface area (Å²) < 4.78 is 32.8. The van der Waals surface area contributed by atoms with Crippen LogP contribution in [0.1, 0.15) is 0 Å². The summed E-state index contributed by atoms with van der Waals surface area (Å²) in [7, 11) is -4.70. The fraction of sp³-hybridized carbons (Fsp3) is 0.200. The predicted octanol–water partition coefficient (Wildman–Crippen LogP) is -0.0743. The number of fused-ring (bicyclic) bond motifs is 1. The number of Topliss-reactive ketones (excluding diaryl/α,β-unsaturated/α-hetero) is 1. The van der Waals surface area contributed by atoms with Crippen LogP contribution in [0.3, 0.4) is 0 Å². The van der Waals surface area contributed by atoms with Crippen molar-refractivity contribution in [2.45, 2.75) is 0 Å². The van der Waals surface area contributed by atoms with Crippen molar-refractivity contribution >= 4 is 21.7 Å². The minimum absolute atomic E-state index is 0.525. The first-order valence-corrected chi connectivity index (χ1v) is 5.93. The van der Waals surface area contributed by atoms with Gasteiger partial charge >= 0.3 is 0 Å². The highest BCUT2D eigenvalue weighted by atomic mass is 32.2. The smallest absolute Gasteiger partial charge is 0.223 e. The van der Waals surface area contributed by atoms with E-state index in [9.17, 15) is 22.6 Å². The van der Waals surface area contributed by atoms with Gasteiger partial charge < -0.3 is 4.55 Å². The van der Waals surface area contributed by atoms with E-state index in [0.717, 1.165) is 0 Å². The Kier molecular flexibility index (Phi) is 2.40. The maximum absolute atomic E-state index is 11.5. The quantitative estimate of drug-likeness (QED) is 0.471. The average molecular weight is 239 g/mol. The largest absolute Gasteiger partial charge is 0.744 e. The summed E-state index contributed by atoms with van der Waals surface area (Å²) in [4.78, 5) is 22.1. The summed E-state index contributed by atoms with van der Waals surface area (Å²) in [6.07, 6.45) is 6.60. The molecule has 0 aromatic rings. The Hall–Kier alpha value is -1.53. The number of ketones is 2. The van der Waals surface area contributed by atoms with Crippen LogP contribution in [-0.2, 0) is 19.7 Å². The molecule has 6 heteroatoms. The fourth-order valence-corrected chi connectivity index (χ4v) is 2.64. The molecule has 0 saturated carbocycles. The molecule has 0 aromatic heterocycles. The third-order valence-electron chi connectivity index (χ3n) is 2.57. The van der Waals surface area contributed by atoms with E-state index in [4.69, 9.17) is 0 Å². The highest BCUT2D eigenvalue weighted by Crippen LogP contribution is 2.33. The van der Waals surface area contributed by atoms with Gasteiger partial charge in [-0.3, -0.25) is 9.59 Å². The molecule has 0 amide bonds. The minimum Gasteiger partial charge on any atom is -0.744 e. The molecule has 0 aliphatic heterocycles. The van der Waals surface area contributed by atoms with Gasteiger partial charge in [0.2, 0.25) is 11.6 Å². The van der Waals surface area contributed by atoms with Crippen molar-refractivity contribution in [1.82, 2.24) is 0 Å². The molecule has 0 spiro atoms. The summed E-state index contributed by atoms with van der Waals surface area (Å²) >= 11 is 0. The first kappa shape index (κ1) is 11.0. The molecule has 0 N–H and O–H groups in total. The van der Waals surface area contributed by atoms with Gasteiger partial charge in [0, 0.05) is 16.9 Å². The van der Waals surface area contributed by atoms with E-state index in [1.165, 1.54) is 12.2 Å². The molecule has 0 saturated heterocycles. The third kappa shape index (κ3) is 1.66. The van der Waals surface area contributed by atoms with Gasteiger partial charge in [-0.25, -0.2) is 8.42 Å². The van der Waals surface area contributed by atoms with Crippen LogP contribution in [0.2, 0.25) is 0 Å². The van der Waals surface area contributed by atoms with Crippen LogP contribution in [0.4, 0.5) is 0 Å². The number of hydrogen-bond acceptors (Lipinski definition) is 5. The second kappa shape index (κ2) is 3.50. The first-order valence-electron chi connectivity index (χ1n) is 4.52. The number of hydrogen-bond donors (Lipinski definition) is 0. The maximum atomic E-state index is 11.5. The molecule has 2 rings (SSSR count). The van der Waals surface area contributed by atoms with Gasteiger partial charge in [0.15, 0.2) is 0 Å². The molecule has 0 radical (unpaired) electrons. The van der Waals surface area contributed by atoms with Gasteiger partial charge in [0.25, 0.3) is 0 Å². The van der Waals surface area contributed by atoms with Crippen molar-refractivity contribution in [2.75, 3.05) is 0 Å². The molecule has 5 nitrogen and oxygen atoms in total. The van der Waals surface area contributed by atoms with E-state index in [1.54, 1.807) is 12.2 Å². The number of carbonyl (C=O) groups excluding carboxylic acids is 2. The predicted molar refractivity (Wildman–Crippen MR) is 53.1 cm³/mol. The second-order valence-electron chi connectivity index (χ2n) is 3.55. The van der Waals surface area contributed by atoms with Crippen LogP contribution >= 0.6 is 0 Å². The van der Waals surface area contributed by atoms with E-state index in [-0.39, 0.29) is 0 Å². The Bertz CT molecular complexity index is 550. The Morgan fingerprint density at radius 2 is 1.62 bits per heavy atom. The van der Waals surface area contributed by atoms with E-state index in [1.807, 2.05) is 0 Å². The van der Waals surface area contributed by atoms with Crippen molar-refractivity contribution in [2.24, 2.45) is 11.8 Å². The second-order valence-corrected chi connectivity index (χ2v) is 4.93. The van der Waals surface area contributed by atoms with E-state index < -0.39 is 38.4 Å². The van der Waals surface area contributed by atoms with Crippen LogP contribution in [0.25, 0.3) is 0 Å². The molecular formula is C10H7O5S-. The molecule has 2 aliphatic carbocycles. The van der Waals surface area contributed by atoms with Crippen LogP contribution in [0.15, 0.2) is 35.3 Å². The Morgan fingerprint density at radius 1 is 1.06 bits per heavy atom. The van der Waals surface area contributed by atoms with Crippen LogP contribution in [-0.4, -0.2) is 24.5 Å². The molecule has 0 fully saturated rings. The fourth-order valence-electron chi connectivity index (χ4n) is 1.83. The monoisotopic (exact) mass is 239 g/mol. The van der Waals surface area contributed by atoms with E-state index in [0.29, 0.717) is 6.08 Å². The topological polar surface area (TPSA) is 91.3 Å². The minimum atomic E-state index is -4.70. The van der Waals surface area contributed by atoms with Gasteiger partial charge in [-0.15, -0.1) is 0 Å². The lowest BCUT2D eigenvalue weighted by Gasteiger charge is -2.29. The Morgan fingerprint density at radius 3 is 2.19 bits per heavy atom. The summed E-state index contributed by atoms with van der Waals surface area (Å²) in [5, 5.41) is 0. The van der Waals surface area contributed by atoms with Crippen LogP contribution in [0.5, 0.6) is 0 Å².